The van der Waals surface area contributed by atoms with Crippen molar-refractivity contribution in [1.82, 2.24) is 9.97 Å². The Morgan fingerprint density at radius 1 is 1.27 bits per heavy atom. The van der Waals surface area contributed by atoms with Crippen molar-refractivity contribution >= 4 is 23.5 Å². The van der Waals surface area contributed by atoms with Crippen molar-refractivity contribution < 1.29 is 9.90 Å². The molecule has 1 aliphatic heterocycles. The van der Waals surface area contributed by atoms with Crippen LogP contribution in [0.1, 0.15) is 63.1 Å². The molecule has 1 atom stereocenters. The third kappa shape index (κ3) is 3.69. The molecule has 0 spiro atoms. The van der Waals surface area contributed by atoms with Crippen LogP contribution < -0.4 is 4.90 Å². The van der Waals surface area contributed by atoms with E-state index in [1.165, 1.54) is 6.42 Å². The van der Waals surface area contributed by atoms with Gasteiger partial charge in [-0.25, -0.2) is 9.97 Å². The molecule has 2 rings (SSSR count). The van der Waals surface area contributed by atoms with Gasteiger partial charge in [0.05, 0.1) is 11.6 Å². The summed E-state index contributed by atoms with van der Waals surface area (Å²) in [5.41, 5.74) is 1.36. The largest absolute Gasteiger partial charge is 0.481 e. The Morgan fingerprint density at radius 3 is 2.50 bits per heavy atom. The molecular formula is C16H24ClN3O2. The van der Waals surface area contributed by atoms with Gasteiger partial charge in [-0.2, -0.15) is 0 Å². The lowest BCUT2D eigenvalue weighted by molar-refractivity contribution is -0.139. The van der Waals surface area contributed by atoms with Gasteiger partial charge in [-0.15, -0.1) is 0 Å². The maximum atomic E-state index is 11.6. The van der Waals surface area contributed by atoms with Crippen LogP contribution in [0.15, 0.2) is 0 Å². The summed E-state index contributed by atoms with van der Waals surface area (Å²) < 4.78 is 0. The first kappa shape index (κ1) is 17.0. The first-order valence-corrected chi connectivity index (χ1v) is 8.50. The highest BCUT2D eigenvalue weighted by Crippen LogP contribution is 2.32. The molecule has 2 heterocycles. The predicted molar refractivity (Wildman–Crippen MR) is 87.8 cm³/mol. The smallest absolute Gasteiger partial charge is 0.311 e. The molecule has 1 N–H and O–H groups in total. The molecule has 0 amide bonds. The second kappa shape index (κ2) is 7.77. The molecule has 5 nitrogen and oxygen atoms in total. The highest BCUT2D eigenvalue weighted by Gasteiger charge is 2.27. The van der Waals surface area contributed by atoms with Crippen molar-refractivity contribution in [3.8, 4) is 0 Å². The zero-order valence-electron chi connectivity index (χ0n) is 13.3. The molecule has 1 aromatic rings. The van der Waals surface area contributed by atoms with E-state index < -0.39 is 11.9 Å². The van der Waals surface area contributed by atoms with Crippen molar-refractivity contribution in [3.05, 3.63) is 16.4 Å². The molecule has 1 aliphatic rings. The zero-order valence-corrected chi connectivity index (χ0v) is 14.1. The molecule has 6 heteroatoms. The second-order valence-corrected chi connectivity index (χ2v) is 6.11. The van der Waals surface area contributed by atoms with Gasteiger partial charge in [-0.05, 0) is 32.1 Å². The van der Waals surface area contributed by atoms with Gasteiger partial charge >= 0.3 is 5.97 Å². The van der Waals surface area contributed by atoms with Crippen LogP contribution in [-0.2, 0) is 11.2 Å². The first-order chi connectivity index (χ1) is 10.6. The van der Waals surface area contributed by atoms with Crippen LogP contribution in [0.3, 0.4) is 0 Å². The number of piperidine rings is 1. The molecule has 22 heavy (non-hydrogen) atoms. The number of carbonyl (C=O) groups is 1. The molecular weight excluding hydrogens is 302 g/mol. The van der Waals surface area contributed by atoms with E-state index in [9.17, 15) is 9.90 Å². The van der Waals surface area contributed by atoms with E-state index in [-0.39, 0.29) is 0 Å². The second-order valence-electron chi connectivity index (χ2n) is 5.76. The lowest BCUT2D eigenvalue weighted by Gasteiger charge is -2.28. The number of hydrogen-bond donors (Lipinski definition) is 1. The van der Waals surface area contributed by atoms with Crippen LogP contribution in [-0.4, -0.2) is 34.1 Å². The molecule has 1 saturated heterocycles. The quantitative estimate of drug-likeness (QED) is 0.809. The van der Waals surface area contributed by atoms with Crippen molar-refractivity contribution in [2.45, 2.75) is 58.3 Å². The topological polar surface area (TPSA) is 66.3 Å². The Bertz CT molecular complexity index is 530. The molecule has 0 bridgehead atoms. The summed E-state index contributed by atoms with van der Waals surface area (Å²) in [6, 6.07) is 0. The molecule has 1 fully saturated rings. The molecule has 1 unspecified atom stereocenters. The lowest BCUT2D eigenvalue weighted by atomic mass is 9.93. The number of rotatable bonds is 6. The maximum absolute atomic E-state index is 11.6. The summed E-state index contributed by atoms with van der Waals surface area (Å²) in [5.74, 6) is -0.832. The summed E-state index contributed by atoms with van der Waals surface area (Å²) in [6.07, 6.45) is 5.50. The van der Waals surface area contributed by atoms with Gasteiger partial charge in [-0.3, -0.25) is 4.79 Å². The molecule has 1 aromatic heterocycles. The number of anilines is 1. The lowest BCUT2D eigenvalue weighted by Crippen LogP contribution is -2.31. The number of carboxylic acids is 1. The van der Waals surface area contributed by atoms with Crippen molar-refractivity contribution in [3.63, 3.8) is 0 Å². The molecule has 0 radical (unpaired) electrons. The molecule has 0 aromatic carbocycles. The fraction of sp³-hybridized carbons (Fsp3) is 0.688. The van der Waals surface area contributed by atoms with Crippen LogP contribution in [0.2, 0.25) is 5.15 Å². The van der Waals surface area contributed by atoms with Gasteiger partial charge < -0.3 is 10.0 Å². The Balaban J connectivity index is 2.40. The van der Waals surface area contributed by atoms with Crippen molar-refractivity contribution in [1.29, 1.82) is 0 Å². The molecule has 0 saturated carbocycles. The number of aliphatic carboxylic acids is 1. The number of carboxylic acid groups (broad SMARTS) is 1. The monoisotopic (exact) mass is 325 g/mol. The van der Waals surface area contributed by atoms with E-state index in [1.807, 2.05) is 13.8 Å². The van der Waals surface area contributed by atoms with Crippen LogP contribution >= 0.6 is 11.6 Å². The summed E-state index contributed by atoms with van der Waals surface area (Å²) >= 11 is 6.37. The molecule has 0 aliphatic carbocycles. The number of halogens is 1. The minimum absolute atomic E-state index is 0.299. The van der Waals surface area contributed by atoms with Gasteiger partial charge in [0, 0.05) is 18.7 Å². The normalized spacial score (nSPS) is 16.6. The Morgan fingerprint density at radius 2 is 1.95 bits per heavy atom. The first-order valence-electron chi connectivity index (χ1n) is 8.12. The number of nitrogens with zero attached hydrogens (tertiary/aromatic N) is 3. The van der Waals surface area contributed by atoms with Crippen LogP contribution in [0.4, 0.5) is 5.95 Å². The zero-order chi connectivity index (χ0) is 16.1. The van der Waals surface area contributed by atoms with Gasteiger partial charge in [0.15, 0.2) is 0 Å². The Labute approximate surface area is 136 Å². The predicted octanol–water partition coefficient (Wildman–Crippen LogP) is 3.65. The minimum atomic E-state index is -0.854. The van der Waals surface area contributed by atoms with E-state index in [0.717, 1.165) is 38.0 Å². The van der Waals surface area contributed by atoms with E-state index in [2.05, 4.69) is 14.9 Å². The van der Waals surface area contributed by atoms with Gasteiger partial charge in [0.1, 0.15) is 5.15 Å². The Kier molecular flexibility index (Phi) is 6.00. The minimum Gasteiger partial charge on any atom is -0.481 e. The van der Waals surface area contributed by atoms with E-state index in [4.69, 9.17) is 11.6 Å². The Hall–Kier alpha value is -1.36. The van der Waals surface area contributed by atoms with Crippen molar-refractivity contribution in [2.24, 2.45) is 0 Å². The number of hydrogen-bond acceptors (Lipinski definition) is 4. The maximum Gasteiger partial charge on any atom is 0.311 e. The van der Waals surface area contributed by atoms with Crippen LogP contribution in [0, 0.1) is 0 Å². The van der Waals surface area contributed by atoms with E-state index in [1.54, 1.807) is 0 Å². The molecule has 122 valence electrons. The number of aryl methyl sites for hydroxylation is 1. The fourth-order valence-corrected chi connectivity index (χ4v) is 3.32. The van der Waals surface area contributed by atoms with Gasteiger partial charge in [0.2, 0.25) is 5.95 Å². The highest BCUT2D eigenvalue weighted by atomic mass is 35.5. The standard InChI is InChI=1S/C16H24ClN3O2/c1-3-8-11(15(21)22)13-12(4-2)18-16(19-14(13)17)20-9-6-5-7-10-20/h11H,3-10H2,1-2H3,(H,21,22). The summed E-state index contributed by atoms with van der Waals surface area (Å²) in [7, 11) is 0. The highest BCUT2D eigenvalue weighted by molar-refractivity contribution is 6.30. The number of aromatic nitrogens is 2. The average molecular weight is 326 g/mol. The summed E-state index contributed by atoms with van der Waals surface area (Å²) in [5, 5.41) is 9.79. The SMILES string of the molecule is CCCC(C(=O)O)c1c(Cl)nc(N2CCCCC2)nc1CC. The van der Waals surface area contributed by atoms with Crippen LogP contribution in [0.25, 0.3) is 0 Å². The fourth-order valence-electron chi connectivity index (χ4n) is 3.00. The van der Waals surface area contributed by atoms with E-state index in [0.29, 0.717) is 29.5 Å². The summed E-state index contributed by atoms with van der Waals surface area (Å²) in [4.78, 5) is 22.8. The third-order valence-corrected chi connectivity index (χ3v) is 4.45. The van der Waals surface area contributed by atoms with E-state index >= 15 is 0 Å². The average Bonchev–Trinajstić information content (AvgIpc) is 2.53. The van der Waals surface area contributed by atoms with Crippen LogP contribution in [0.5, 0.6) is 0 Å². The summed E-state index contributed by atoms with van der Waals surface area (Å²) in [6.45, 7) is 5.83. The van der Waals surface area contributed by atoms with Gasteiger partial charge in [-0.1, -0.05) is 31.9 Å². The van der Waals surface area contributed by atoms with Crippen molar-refractivity contribution in [2.75, 3.05) is 18.0 Å². The van der Waals surface area contributed by atoms with Gasteiger partial charge in [0.25, 0.3) is 0 Å². The third-order valence-electron chi connectivity index (χ3n) is 4.16.